The first kappa shape index (κ1) is 15.2. The molecule has 1 aliphatic heterocycles. The Morgan fingerprint density at radius 3 is 3.00 bits per heavy atom. The lowest BCUT2D eigenvalue weighted by Crippen LogP contribution is -2.32. The Morgan fingerprint density at radius 2 is 2.08 bits per heavy atom. The van der Waals surface area contributed by atoms with Gasteiger partial charge in [0.1, 0.15) is 11.2 Å². The average Bonchev–Trinajstić information content (AvgIpc) is 3.10. The van der Waals surface area contributed by atoms with Crippen LogP contribution in [-0.4, -0.2) is 28.6 Å². The Bertz CT molecular complexity index is 1010. The van der Waals surface area contributed by atoms with Crippen LogP contribution < -0.4 is 20.3 Å². The van der Waals surface area contributed by atoms with Crippen LogP contribution in [0.25, 0.3) is 5.65 Å². The smallest absolute Gasteiger partial charge is 0.270 e. The summed E-state index contributed by atoms with van der Waals surface area (Å²) in [6.45, 7) is 0.629. The summed E-state index contributed by atoms with van der Waals surface area (Å²) in [5, 5.41) is 2.76. The van der Waals surface area contributed by atoms with E-state index < -0.39 is 5.91 Å². The van der Waals surface area contributed by atoms with Gasteiger partial charge >= 0.3 is 0 Å². The van der Waals surface area contributed by atoms with Crippen LogP contribution in [0.2, 0.25) is 0 Å². The summed E-state index contributed by atoms with van der Waals surface area (Å²) in [6.07, 6.45) is 3.52. The summed E-state index contributed by atoms with van der Waals surface area (Å²) in [6, 6.07) is 10.9. The Morgan fingerprint density at radius 1 is 1.20 bits per heavy atom. The second kappa shape index (κ2) is 6.27. The van der Waals surface area contributed by atoms with Crippen molar-refractivity contribution >= 4 is 11.6 Å². The first-order valence-electron chi connectivity index (χ1n) is 7.85. The van der Waals surface area contributed by atoms with Crippen LogP contribution in [0.1, 0.15) is 15.9 Å². The number of aromatic nitrogens is 2. The molecule has 7 nitrogen and oxygen atoms in total. The fraction of sp³-hybridized carbons (Fsp3) is 0.167. The first-order chi connectivity index (χ1) is 12.2. The molecule has 0 saturated heterocycles. The predicted octanol–water partition coefficient (Wildman–Crippen LogP) is 1.40. The molecule has 1 amide bonds. The third-order valence-electron chi connectivity index (χ3n) is 3.99. The minimum Gasteiger partial charge on any atom is -0.454 e. The average molecular weight is 337 g/mol. The van der Waals surface area contributed by atoms with Crippen molar-refractivity contribution in [3.63, 3.8) is 0 Å². The van der Waals surface area contributed by atoms with Crippen LogP contribution in [0.3, 0.4) is 0 Å². The molecule has 0 bridgehead atoms. The van der Waals surface area contributed by atoms with Gasteiger partial charge in [0.2, 0.25) is 6.79 Å². The van der Waals surface area contributed by atoms with E-state index in [0.29, 0.717) is 24.4 Å². The summed E-state index contributed by atoms with van der Waals surface area (Å²) in [4.78, 5) is 28.8. The van der Waals surface area contributed by atoms with Crippen LogP contribution in [0.15, 0.2) is 53.6 Å². The highest BCUT2D eigenvalue weighted by molar-refractivity contribution is 5.93. The Hall–Kier alpha value is -3.35. The molecule has 126 valence electrons. The lowest BCUT2D eigenvalue weighted by Gasteiger charge is -2.07. The van der Waals surface area contributed by atoms with Gasteiger partial charge in [-0.15, -0.1) is 0 Å². The zero-order valence-corrected chi connectivity index (χ0v) is 13.3. The Balaban J connectivity index is 1.44. The van der Waals surface area contributed by atoms with Gasteiger partial charge in [-0.05, 0) is 36.2 Å². The lowest BCUT2D eigenvalue weighted by atomic mass is 10.1. The van der Waals surface area contributed by atoms with Crippen molar-refractivity contribution in [1.82, 2.24) is 14.7 Å². The third-order valence-corrected chi connectivity index (χ3v) is 3.99. The topological polar surface area (TPSA) is 81.9 Å². The maximum Gasteiger partial charge on any atom is 0.270 e. The zero-order valence-electron chi connectivity index (χ0n) is 13.3. The van der Waals surface area contributed by atoms with Gasteiger partial charge in [-0.25, -0.2) is 4.98 Å². The lowest BCUT2D eigenvalue weighted by molar-refractivity contribution is 0.0952. The molecule has 0 atom stereocenters. The maximum absolute atomic E-state index is 12.4. The molecule has 0 spiro atoms. The molecule has 2 aromatic heterocycles. The molecule has 1 N–H and O–H groups in total. The zero-order chi connectivity index (χ0) is 17.2. The molecule has 25 heavy (non-hydrogen) atoms. The number of nitrogens with zero attached hydrogens (tertiary/aromatic N) is 2. The van der Waals surface area contributed by atoms with Gasteiger partial charge in [0.05, 0.1) is 0 Å². The molecular formula is C18H15N3O4. The van der Waals surface area contributed by atoms with Crippen molar-refractivity contribution in [2.45, 2.75) is 6.42 Å². The molecule has 3 heterocycles. The number of benzene rings is 1. The van der Waals surface area contributed by atoms with Gasteiger partial charge in [-0.2, -0.15) is 0 Å². The Kier molecular flexibility index (Phi) is 3.81. The van der Waals surface area contributed by atoms with Crippen molar-refractivity contribution in [3.05, 3.63) is 70.3 Å². The quantitative estimate of drug-likeness (QED) is 0.778. The number of fused-ring (bicyclic) bond motifs is 2. The third kappa shape index (κ3) is 2.91. The van der Waals surface area contributed by atoms with Crippen LogP contribution in [0.5, 0.6) is 11.5 Å². The predicted molar refractivity (Wildman–Crippen MR) is 90.1 cm³/mol. The number of hydrogen-bond acceptors (Lipinski definition) is 5. The molecular weight excluding hydrogens is 322 g/mol. The number of amides is 1. The molecule has 3 aromatic rings. The number of carbonyl (C=O) groups excluding carboxylic acids is 1. The van der Waals surface area contributed by atoms with Crippen molar-refractivity contribution in [3.8, 4) is 11.5 Å². The molecule has 0 aliphatic carbocycles. The monoisotopic (exact) mass is 337 g/mol. The number of hydrogen-bond donors (Lipinski definition) is 1. The van der Waals surface area contributed by atoms with E-state index in [-0.39, 0.29) is 17.9 Å². The van der Waals surface area contributed by atoms with Gasteiger partial charge in [-0.3, -0.25) is 14.0 Å². The highest BCUT2D eigenvalue weighted by Gasteiger charge is 2.14. The number of rotatable bonds is 4. The molecule has 0 radical (unpaired) electrons. The van der Waals surface area contributed by atoms with E-state index in [9.17, 15) is 9.59 Å². The summed E-state index contributed by atoms with van der Waals surface area (Å²) in [7, 11) is 0. The highest BCUT2D eigenvalue weighted by atomic mass is 16.7. The minimum absolute atomic E-state index is 0.0226. The van der Waals surface area contributed by atoms with E-state index in [1.165, 1.54) is 10.6 Å². The summed E-state index contributed by atoms with van der Waals surface area (Å²) in [5.74, 6) is 1.00. The van der Waals surface area contributed by atoms with Crippen molar-refractivity contribution < 1.29 is 14.3 Å². The number of pyridine rings is 1. The van der Waals surface area contributed by atoms with Crippen molar-refractivity contribution in [2.24, 2.45) is 0 Å². The number of ether oxygens (including phenoxy) is 2. The standard InChI is InChI=1S/C18H15N3O4/c22-17(13-10-20-16-3-1-2-8-21(16)18(13)23)19-7-6-12-4-5-14-15(9-12)25-11-24-14/h1-5,8-10H,6-7,11H2,(H,19,22). The fourth-order valence-corrected chi connectivity index (χ4v) is 2.69. The SMILES string of the molecule is O=C(NCCc1ccc2c(c1)OCO2)c1cnc2ccccn2c1=O. The van der Waals surface area contributed by atoms with E-state index in [0.717, 1.165) is 11.3 Å². The minimum atomic E-state index is -0.434. The normalized spacial score (nSPS) is 12.3. The molecule has 4 rings (SSSR count). The maximum atomic E-state index is 12.4. The first-order valence-corrected chi connectivity index (χ1v) is 7.85. The van der Waals surface area contributed by atoms with Gasteiger partial charge in [-0.1, -0.05) is 12.1 Å². The molecule has 7 heteroatoms. The number of nitrogens with one attached hydrogen (secondary N) is 1. The van der Waals surface area contributed by atoms with Crippen LogP contribution in [0, 0.1) is 0 Å². The van der Waals surface area contributed by atoms with Gasteiger partial charge in [0.25, 0.3) is 11.5 Å². The summed E-state index contributed by atoms with van der Waals surface area (Å²) in [5.41, 5.74) is 1.16. The van der Waals surface area contributed by atoms with Crippen LogP contribution in [-0.2, 0) is 6.42 Å². The molecule has 0 unspecified atom stereocenters. The van der Waals surface area contributed by atoms with Crippen LogP contribution >= 0.6 is 0 Å². The number of carbonyl (C=O) groups is 1. The van der Waals surface area contributed by atoms with E-state index >= 15 is 0 Å². The Labute approximate surface area is 142 Å². The second-order valence-electron chi connectivity index (χ2n) is 5.60. The highest BCUT2D eigenvalue weighted by Crippen LogP contribution is 2.32. The van der Waals surface area contributed by atoms with Crippen LogP contribution in [0.4, 0.5) is 0 Å². The van der Waals surface area contributed by atoms with E-state index in [1.54, 1.807) is 24.4 Å². The van der Waals surface area contributed by atoms with Gasteiger partial charge < -0.3 is 14.8 Å². The summed E-state index contributed by atoms with van der Waals surface area (Å²) < 4.78 is 12.0. The molecule has 1 aromatic carbocycles. The van der Waals surface area contributed by atoms with E-state index in [4.69, 9.17) is 9.47 Å². The summed E-state index contributed by atoms with van der Waals surface area (Å²) >= 11 is 0. The largest absolute Gasteiger partial charge is 0.454 e. The van der Waals surface area contributed by atoms with E-state index in [1.807, 2.05) is 18.2 Å². The van der Waals surface area contributed by atoms with Crippen molar-refractivity contribution in [2.75, 3.05) is 13.3 Å². The molecule has 0 fully saturated rings. The van der Waals surface area contributed by atoms with E-state index in [2.05, 4.69) is 10.3 Å². The molecule has 1 aliphatic rings. The fourth-order valence-electron chi connectivity index (χ4n) is 2.69. The van der Waals surface area contributed by atoms with Gasteiger partial charge in [0.15, 0.2) is 11.5 Å². The van der Waals surface area contributed by atoms with Crippen molar-refractivity contribution in [1.29, 1.82) is 0 Å². The molecule has 0 saturated carbocycles. The van der Waals surface area contributed by atoms with Gasteiger partial charge in [0, 0.05) is 18.9 Å². The second-order valence-corrected chi connectivity index (χ2v) is 5.60.